The molecule has 0 bridgehead atoms. The van der Waals surface area contributed by atoms with Crippen molar-refractivity contribution >= 4 is 38.2 Å². The fourth-order valence-corrected chi connectivity index (χ4v) is 0.234. The van der Waals surface area contributed by atoms with Gasteiger partial charge in [-0.2, -0.15) is 12.6 Å². The third-order valence-corrected chi connectivity index (χ3v) is 0.907. The van der Waals surface area contributed by atoms with Crippen LogP contribution in [0.25, 0.3) is 0 Å². The predicted molar refractivity (Wildman–Crippen MR) is 44.6 cm³/mol. The van der Waals surface area contributed by atoms with E-state index in [2.05, 4.69) is 32.3 Å². The summed E-state index contributed by atoms with van der Waals surface area (Å²) in [6, 6.07) is -0.816. The molecule has 13 heavy (non-hydrogen) atoms. The van der Waals surface area contributed by atoms with Gasteiger partial charge in [-0.1, -0.05) is 0 Å². The first-order valence-electron chi connectivity index (χ1n) is 2.11. The summed E-state index contributed by atoms with van der Waals surface area (Å²) in [6.07, 6.45) is 0. The van der Waals surface area contributed by atoms with Crippen molar-refractivity contribution in [2.24, 2.45) is 5.73 Å². The van der Waals surface area contributed by atoms with Gasteiger partial charge in [0.1, 0.15) is 6.04 Å². The molecule has 0 aromatic carbocycles. The van der Waals surface area contributed by atoms with Gasteiger partial charge >= 0.3 is 40.5 Å². The number of thiol groups is 1. The fraction of sp³-hybridized carbons (Fsp3) is 0.667. The van der Waals surface area contributed by atoms with Crippen LogP contribution < -0.4 is 5.73 Å². The Hall–Kier alpha value is 3.08. The monoisotopic (exact) mass is 872 g/mol. The summed E-state index contributed by atoms with van der Waals surface area (Å²) in [5.41, 5.74) is 4.94. The van der Waals surface area contributed by atoms with Crippen molar-refractivity contribution in [2.45, 2.75) is 6.04 Å². The molecule has 0 aliphatic heterocycles. The van der Waals surface area contributed by atoms with Crippen LogP contribution in [-0.4, -0.2) is 22.9 Å². The minimum atomic E-state index is -1.00. The molecule has 0 heterocycles. The third-order valence-electron chi connectivity index (χ3n) is 0.514. The standard InChI is InChI=1S/C3H7NO2S.2Au.Mo.Pt.2S/c4-2(1-7)3(5)6;;;;;;/h2,7H,1,4H2,(H,5,6);;;;;;. The Labute approximate surface area is 144 Å². The Bertz CT molecular complexity index is 149. The SMILES string of the molecule is NC(CS)C(=O)O.[Au].[Au].[Pt].[S]=[Mo]=[S]. The zero-order chi connectivity index (χ0) is 8.57. The number of nitrogens with two attached hydrogens (primary N) is 1. The Balaban J connectivity index is -0.0000000320. The number of hydrogen-bond acceptors (Lipinski definition) is 5. The molecule has 0 aromatic rings. The van der Waals surface area contributed by atoms with E-state index in [9.17, 15) is 4.79 Å². The second-order valence-corrected chi connectivity index (χ2v) is 5.12. The van der Waals surface area contributed by atoms with Crippen LogP contribution in [0.1, 0.15) is 0 Å². The van der Waals surface area contributed by atoms with Gasteiger partial charge in [0.15, 0.2) is 0 Å². The van der Waals surface area contributed by atoms with Gasteiger partial charge in [0.25, 0.3) is 0 Å². The summed E-state index contributed by atoms with van der Waals surface area (Å²) in [5, 5.41) is 8.01. The number of carboxylic acid groups (broad SMARTS) is 1. The normalized spacial score (nSPS) is 8.15. The number of aliphatic carboxylic acids is 1. The summed E-state index contributed by atoms with van der Waals surface area (Å²) in [6.45, 7) is 0. The molecule has 3 N–H and O–H groups in total. The predicted octanol–water partition coefficient (Wildman–Crippen LogP) is 0.615. The van der Waals surface area contributed by atoms with Crippen LogP contribution in [0.5, 0.6) is 0 Å². The maximum atomic E-state index is 9.76. The van der Waals surface area contributed by atoms with E-state index in [1.807, 2.05) is 0 Å². The van der Waals surface area contributed by atoms with Crippen LogP contribution in [0.15, 0.2) is 0 Å². The van der Waals surface area contributed by atoms with E-state index in [1.54, 1.807) is 0 Å². The van der Waals surface area contributed by atoms with Gasteiger partial charge in [0.05, 0.1) is 0 Å². The molecule has 0 fully saturated rings. The van der Waals surface area contributed by atoms with E-state index in [0.717, 1.165) is 0 Å². The van der Waals surface area contributed by atoms with E-state index < -0.39 is 12.0 Å². The summed E-state index contributed by atoms with van der Waals surface area (Å²) in [7, 11) is 8.68. The van der Waals surface area contributed by atoms with E-state index in [1.165, 1.54) is 0 Å². The van der Waals surface area contributed by atoms with Crippen LogP contribution in [0, 0.1) is 0 Å². The molecule has 0 amide bonds. The average molecular weight is 870 g/mol. The zero-order valence-corrected chi connectivity index (χ0v) is 16.9. The van der Waals surface area contributed by atoms with Gasteiger partial charge in [-0.15, -0.1) is 0 Å². The van der Waals surface area contributed by atoms with Crippen molar-refractivity contribution < 1.29 is 90.7 Å². The quantitative estimate of drug-likeness (QED) is 0.281. The second kappa shape index (κ2) is 24.3. The summed E-state index contributed by atoms with van der Waals surface area (Å²) >= 11 is 3.29. The summed E-state index contributed by atoms with van der Waals surface area (Å²) in [4.78, 5) is 9.76. The number of hydrogen-bond donors (Lipinski definition) is 3. The molecular weight excluding hydrogens is 863 g/mol. The second-order valence-electron chi connectivity index (χ2n) is 1.20. The molecular formula is C3H7Au2MoNO2PtS3. The van der Waals surface area contributed by atoms with Crippen molar-refractivity contribution in [3.05, 3.63) is 0 Å². The first-order chi connectivity index (χ1) is 4.59. The maximum absolute atomic E-state index is 9.76. The molecule has 0 aliphatic carbocycles. The van der Waals surface area contributed by atoms with Gasteiger partial charge in [0.2, 0.25) is 0 Å². The Kier molecular flexibility index (Phi) is 55.8. The molecule has 10 heteroatoms. The van der Waals surface area contributed by atoms with Gasteiger partial charge in [0, 0.05) is 71.6 Å². The average Bonchev–Trinajstić information content (AvgIpc) is 1.88. The van der Waals surface area contributed by atoms with Crippen LogP contribution >= 0.6 is 32.3 Å². The molecule has 0 saturated heterocycles. The number of carbonyl (C=O) groups is 1. The van der Waals surface area contributed by atoms with E-state index in [0.29, 0.717) is 0 Å². The molecule has 2 radical (unpaired) electrons. The Morgan fingerprint density at radius 3 is 1.77 bits per heavy atom. The van der Waals surface area contributed by atoms with Crippen molar-refractivity contribution in [3.63, 3.8) is 0 Å². The van der Waals surface area contributed by atoms with Crippen LogP contribution in [0.2, 0.25) is 0 Å². The Morgan fingerprint density at radius 1 is 1.54 bits per heavy atom. The Morgan fingerprint density at radius 2 is 1.77 bits per heavy atom. The molecule has 0 saturated carbocycles. The van der Waals surface area contributed by atoms with Crippen LogP contribution in [0.4, 0.5) is 0 Å². The van der Waals surface area contributed by atoms with E-state index >= 15 is 0 Å². The van der Waals surface area contributed by atoms with E-state index in [4.69, 9.17) is 10.8 Å². The van der Waals surface area contributed by atoms with Crippen molar-refractivity contribution in [3.8, 4) is 0 Å². The summed E-state index contributed by atoms with van der Waals surface area (Å²) in [5.74, 6) is -0.815. The third kappa shape index (κ3) is 31.3. The zero-order valence-electron chi connectivity index (χ0n) is 5.81. The van der Waals surface area contributed by atoms with Crippen LogP contribution in [0.3, 0.4) is 0 Å². The van der Waals surface area contributed by atoms with Crippen LogP contribution in [-0.2, 0) is 85.5 Å². The van der Waals surface area contributed by atoms with Gasteiger partial charge < -0.3 is 10.8 Å². The van der Waals surface area contributed by atoms with Crippen molar-refractivity contribution in [1.82, 2.24) is 0 Å². The van der Waals surface area contributed by atoms with Crippen molar-refractivity contribution in [2.75, 3.05) is 5.75 Å². The fourth-order valence-electron chi connectivity index (χ4n) is 0.0781. The minimum absolute atomic E-state index is 0. The van der Waals surface area contributed by atoms with Gasteiger partial charge in [-0.3, -0.25) is 4.79 Å². The first kappa shape index (κ1) is 29.8. The van der Waals surface area contributed by atoms with Gasteiger partial charge in [-0.05, 0) is 0 Å². The molecule has 0 aliphatic rings. The molecule has 92 valence electrons. The number of rotatable bonds is 2. The first-order valence-corrected chi connectivity index (χ1v) is 8.32. The van der Waals surface area contributed by atoms with Gasteiger partial charge in [-0.25, -0.2) is 0 Å². The molecule has 1 atom stereocenters. The molecule has 0 aromatic heterocycles. The van der Waals surface area contributed by atoms with Crippen molar-refractivity contribution in [1.29, 1.82) is 0 Å². The van der Waals surface area contributed by atoms with E-state index in [-0.39, 0.29) is 86.5 Å². The topological polar surface area (TPSA) is 63.3 Å². The summed E-state index contributed by atoms with van der Waals surface area (Å²) < 4.78 is 0. The molecule has 3 nitrogen and oxygen atoms in total. The molecule has 0 spiro atoms. The molecule has 1 unspecified atom stereocenters. The molecule has 0 rings (SSSR count). The number of carboxylic acids is 1.